The second-order valence-electron chi connectivity index (χ2n) is 3.05. The molecule has 4 nitrogen and oxygen atoms in total. The number of hydrogen-bond acceptors (Lipinski definition) is 3. The third-order valence-corrected chi connectivity index (χ3v) is 2.08. The van der Waals surface area contributed by atoms with E-state index in [1.807, 2.05) is 12.2 Å². The molecule has 0 aromatic rings. The average molecular weight is 182 g/mol. The van der Waals surface area contributed by atoms with Crippen LogP contribution in [0.3, 0.4) is 0 Å². The number of aliphatic carboxylic acids is 1. The maximum absolute atomic E-state index is 10.4. The quantitative estimate of drug-likeness (QED) is 0.683. The summed E-state index contributed by atoms with van der Waals surface area (Å²) in [4.78, 5) is 10.4. The Kier molecular flexibility index (Phi) is 2.16. The van der Waals surface area contributed by atoms with Crippen LogP contribution in [0.5, 0.6) is 0 Å². The number of hydrogen-bond donors (Lipinski definition) is 1. The molecule has 1 heterocycles. The van der Waals surface area contributed by atoms with Crippen molar-refractivity contribution in [1.82, 2.24) is 0 Å². The highest BCUT2D eigenvalue weighted by atomic mass is 16.7. The molecule has 0 radical (unpaired) electrons. The Morgan fingerprint density at radius 3 is 3.08 bits per heavy atom. The summed E-state index contributed by atoms with van der Waals surface area (Å²) >= 11 is 0. The molecule has 2 rings (SSSR count). The van der Waals surface area contributed by atoms with Crippen molar-refractivity contribution in [3.05, 3.63) is 23.8 Å². The Balaban J connectivity index is 2.06. The van der Waals surface area contributed by atoms with E-state index in [1.165, 1.54) is 0 Å². The van der Waals surface area contributed by atoms with Crippen molar-refractivity contribution in [3.63, 3.8) is 0 Å². The van der Waals surface area contributed by atoms with E-state index in [1.54, 1.807) is 6.08 Å². The van der Waals surface area contributed by atoms with Gasteiger partial charge in [0.2, 0.25) is 0 Å². The van der Waals surface area contributed by atoms with Crippen molar-refractivity contribution in [2.45, 2.75) is 18.6 Å². The predicted octanol–water partition coefficient (Wildman–Crippen LogP) is 0.699. The first-order valence-corrected chi connectivity index (χ1v) is 4.09. The Bertz CT molecular complexity index is 279. The molecule has 13 heavy (non-hydrogen) atoms. The van der Waals surface area contributed by atoms with E-state index in [0.717, 1.165) is 5.57 Å². The number of carboxylic acids is 1. The second kappa shape index (κ2) is 3.32. The summed E-state index contributed by atoms with van der Waals surface area (Å²) in [5.41, 5.74) is 0.777. The molecule has 0 aromatic heterocycles. The molecular formula is C9H10O4. The van der Waals surface area contributed by atoms with Crippen LogP contribution in [-0.4, -0.2) is 30.1 Å². The average Bonchev–Trinajstić information content (AvgIpc) is 2.49. The van der Waals surface area contributed by atoms with Gasteiger partial charge in [0.05, 0.1) is 6.42 Å². The van der Waals surface area contributed by atoms with Crippen molar-refractivity contribution in [2.75, 3.05) is 6.79 Å². The molecule has 0 spiro atoms. The van der Waals surface area contributed by atoms with Crippen molar-refractivity contribution >= 4 is 5.97 Å². The minimum Gasteiger partial charge on any atom is -0.481 e. The first kappa shape index (κ1) is 8.47. The second-order valence-corrected chi connectivity index (χ2v) is 3.05. The van der Waals surface area contributed by atoms with E-state index in [9.17, 15) is 4.79 Å². The van der Waals surface area contributed by atoms with Crippen molar-refractivity contribution in [3.8, 4) is 0 Å². The molecule has 0 saturated carbocycles. The molecule has 1 saturated heterocycles. The van der Waals surface area contributed by atoms with Crippen LogP contribution >= 0.6 is 0 Å². The minimum absolute atomic E-state index is 0.0301. The predicted molar refractivity (Wildman–Crippen MR) is 44.1 cm³/mol. The fourth-order valence-corrected chi connectivity index (χ4v) is 1.47. The van der Waals surface area contributed by atoms with Crippen molar-refractivity contribution in [2.24, 2.45) is 0 Å². The van der Waals surface area contributed by atoms with Crippen LogP contribution in [0.4, 0.5) is 0 Å². The Morgan fingerprint density at radius 1 is 1.54 bits per heavy atom. The van der Waals surface area contributed by atoms with Gasteiger partial charge in [0.1, 0.15) is 19.0 Å². The minimum atomic E-state index is -0.826. The number of rotatable bonds is 2. The molecule has 2 unspecified atom stereocenters. The monoisotopic (exact) mass is 182 g/mol. The fourth-order valence-electron chi connectivity index (χ4n) is 1.47. The number of allylic oxidation sites excluding steroid dienone is 1. The highest BCUT2D eigenvalue weighted by Crippen LogP contribution is 2.23. The Labute approximate surface area is 75.5 Å². The Morgan fingerprint density at radius 2 is 2.31 bits per heavy atom. The van der Waals surface area contributed by atoms with Crippen LogP contribution in [-0.2, 0) is 14.3 Å². The maximum Gasteiger partial charge on any atom is 0.307 e. The molecule has 0 bridgehead atoms. The highest BCUT2D eigenvalue weighted by Gasteiger charge is 2.27. The van der Waals surface area contributed by atoms with Gasteiger partial charge in [-0.1, -0.05) is 12.2 Å². The summed E-state index contributed by atoms with van der Waals surface area (Å²) < 4.78 is 10.4. The summed E-state index contributed by atoms with van der Waals surface area (Å²) in [6.07, 6.45) is 5.35. The van der Waals surface area contributed by atoms with Gasteiger partial charge >= 0.3 is 5.97 Å². The van der Waals surface area contributed by atoms with E-state index in [4.69, 9.17) is 14.6 Å². The fraction of sp³-hybridized carbons (Fsp3) is 0.444. The van der Waals surface area contributed by atoms with Gasteiger partial charge in [-0.05, 0) is 11.6 Å². The van der Waals surface area contributed by atoms with Crippen LogP contribution in [0.15, 0.2) is 23.8 Å². The van der Waals surface area contributed by atoms with Gasteiger partial charge in [-0.3, -0.25) is 4.79 Å². The van der Waals surface area contributed by atoms with Gasteiger partial charge in [0.15, 0.2) is 0 Å². The van der Waals surface area contributed by atoms with Gasteiger partial charge < -0.3 is 14.6 Å². The van der Waals surface area contributed by atoms with Gasteiger partial charge in [0, 0.05) is 0 Å². The van der Waals surface area contributed by atoms with E-state index in [-0.39, 0.29) is 25.4 Å². The zero-order valence-corrected chi connectivity index (χ0v) is 6.97. The standard InChI is InChI=1S/C9H10O4/c10-9(11)4-6-1-2-7-8(3-6)13-5-12-7/h1-3,7-8H,4-5H2,(H,10,11). The van der Waals surface area contributed by atoms with Crippen LogP contribution < -0.4 is 0 Å². The van der Waals surface area contributed by atoms with Crippen LogP contribution in [0.25, 0.3) is 0 Å². The molecule has 0 amide bonds. The smallest absolute Gasteiger partial charge is 0.307 e. The zero-order valence-electron chi connectivity index (χ0n) is 6.97. The number of carbonyl (C=O) groups is 1. The Hall–Kier alpha value is -1.13. The van der Waals surface area contributed by atoms with Crippen LogP contribution in [0.1, 0.15) is 6.42 Å². The highest BCUT2D eigenvalue weighted by molar-refractivity contribution is 5.71. The van der Waals surface area contributed by atoms with E-state index in [0.29, 0.717) is 0 Å². The lowest BCUT2D eigenvalue weighted by Crippen LogP contribution is -2.21. The number of ether oxygens (including phenoxy) is 2. The van der Waals surface area contributed by atoms with E-state index >= 15 is 0 Å². The molecule has 1 aliphatic heterocycles. The molecule has 0 aromatic carbocycles. The summed E-state index contributed by atoms with van der Waals surface area (Å²) in [5.74, 6) is -0.826. The topological polar surface area (TPSA) is 55.8 Å². The molecule has 1 N–H and O–H groups in total. The summed E-state index contributed by atoms with van der Waals surface area (Å²) in [7, 11) is 0. The first-order valence-electron chi connectivity index (χ1n) is 4.09. The zero-order chi connectivity index (χ0) is 9.26. The lowest BCUT2D eigenvalue weighted by Gasteiger charge is -2.15. The molecule has 70 valence electrons. The third kappa shape index (κ3) is 1.79. The molecule has 4 heteroatoms. The van der Waals surface area contributed by atoms with Crippen LogP contribution in [0, 0.1) is 0 Å². The van der Waals surface area contributed by atoms with Crippen LogP contribution in [0.2, 0.25) is 0 Å². The van der Waals surface area contributed by atoms with Gasteiger partial charge in [-0.15, -0.1) is 0 Å². The van der Waals surface area contributed by atoms with Gasteiger partial charge in [0.25, 0.3) is 0 Å². The lowest BCUT2D eigenvalue weighted by atomic mass is 10.0. The van der Waals surface area contributed by atoms with E-state index < -0.39 is 5.97 Å². The summed E-state index contributed by atoms with van der Waals surface area (Å²) in [5, 5.41) is 8.56. The van der Waals surface area contributed by atoms with E-state index in [2.05, 4.69) is 0 Å². The third-order valence-electron chi connectivity index (χ3n) is 2.08. The number of fused-ring (bicyclic) bond motifs is 1. The van der Waals surface area contributed by atoms with Gasteiger partial charge in [-0.25, -0.2) is 0 Å². The maximum atomic E-state index is 10.4. The number of carboxylic acid groups (broad SMARTS) is 1. The summed E-state index contributed by atoms with van der Waals surface area (Å²) in [6, 6.07) is 0. The largest absolute Gasteiger partial charge is 0.481 e. The summed E-state index contributed by atoms with van der Waals surface area (Å²) in [6.45, 7) is 0.288. The first-order chi connectivity index (χ1) is 6.25. The van der Waals surface area contributed by atoms with Crippen molar-refractivity contribution in [1.29, 1.82) is 0 Å². The van der Waals surface area contributed by atoms with Crippen molar-refractivity contribution < 1.29 is 19.4 Å². The molecule has 1 aliphatic carbocycles. The lowest BCUT2D eigenvalue weighted by molar-refractivity contribution is -0.136. The molecule has 1 fully saturated rings. The molecule has 2 atom stereocenters. The molecule has 2 aliphatic rings. The SMILES string of the molecule is O=C(O)CC1=CC2OCOC2C=C1. The normalized spacial score (nSPS) is 31.2. The molecular weight excluding hydrogens is 172 g/mol. The van der Waals surface area contributed by atoms with Gasteiger partial charge in [-0.2, -0.15) is 0 Å².